The quantitative estimate of drug-likeness (QED) is 0.851. The molecular weight excluding hydrogens is 326 g/mol. The molecule has 0 aliphatic carbocycles. The van der Waals surface area contributed by atoms with E-state index in [1.165, 1.54) is 6.92 Å². The van der Waals surface area contributed by atoms with Gasteiger partial charge in [-0.2, -0.15) is 0 Å². The lowest BCUT2D eigenvalue weighted by Gasteiger charge is -2.35. The molecule has 1 aromatic carbocycles. The molecule has 1 aliphatic heterocycles. The van der Waals surface area contributed by atoms with Crippen molar-refractivity contribution in [3.8, 4) is 0 Å². The van der Waals surface area contributed by atoms with E-state index in [2.05, 4.69) is 5.32 Å². The molecule has 5 nitrogen and oxygen atoms in total. The highest BCUT2D eigenvalue weighted by molar-refractivity contribution is 5.85. The fraction of sp³-hybridized carbons (Fsp3) is 0.556. The number of piperidine rings is 1. The van der Waals surface area contributed by atoms with Crippen molar-refractivity contribution < 1.29 is 9.59 Å². The van der Waals surface area contributed by atoms with Gasteiger partial charge in [-0.15, -0.1) is 12.4 Å². The molecule has 2 amide bonds. The standard InChI is InChI=1S/C18H27N3O2.ClH/c1-13(17(19)16-8-4-3-5-9-16)18(23)21-10-6-7-15(12-21)11-20-14(2)22;/h3-5,8-9,13,15,17H,6-7,10-12,19H2,1-2H3,(H,20,22);1H. The Morgan fingerprint density at radius 1 is 1.33 bits per heavy atom. The minimum atomic E-state index is -0.292. The summed E-state index contributed by atoms with van der Waals surface area (Å²) in [5.74, 6) is 0.162. The van der Waals surface area contributed by atoms with Gasteiger partial charge in [-0.25, -0.2) is 0 Å². The van der Waals surface area contributed by atoms with Gasteiger partial charge in [0.15, 0.2) is 0 Å². The van der Waals surface area contributed by atoms with Gasteiger partial charge in [0, 0.05) is 32.6 Å². The zero-order valence-corrected chi connectivity index (χ0v) is 15.2. The lowest BCUT2D eigenvalue weighted by molar-refractivity contribution is -0.137. The minimum Gasteiger partial charge on any atom is -0.356 e. The fourth-order valence-corrected chi connectivity index (χ4v) is 3.13. The molecule has 1 fully saturated rings. The first-order chi connectivity index (χ1) is 11.0. The van der Waals surface area contributed by atoms with Gasteiger partial charge in [-0.1, -0.05) is 37.3 Å². The van der Waals surface area contributed by atoms with E-state index in [1.807, 2.05) is 42.2 Å². The highest BCUT2D eigenvalue weighted by Crippen LogP contribution is 2.24. The number of nitrogens with zero attached hydrogens (tertiary/aromatic N) is 1. The van der Waals surface area contributed by atoms with Crippen molar-refractivity contribution in [3.63, 3.8) is 0 Å². The zero-order chi connectivity index (χ0) is 16.8. The summed E-state index contributed by atoms with van der Waals surface area (Å²) in [5, 5.41) is 2.85. The smallest absolute Gasteiger partial charge is 0.227 e. The normalized spacial score (nSPS) is 19.8. The average Bonchev–Trinajstić information content (AvgIpc) is 2.59. The first-order valence-corrected chi connectivity index (χ1v) is 8.32. The van der Waals surface area contributed by atoms with Crippen molar-refractivity contribution in [3.05, 3.63) is 35.9 Å². The summed E-state index contributed by atoms with van der Waals surface area (Å²) in [7, 11) is 0. The van der Waals surface area contributed by atoms with Crippen LogP contribution in [-0.4, -0.2) is 36.3 Å². The van der Waals surface area contributed by atoms with Crippen LogP contribution < -0.4 is 11.1 Å². The molecular formula is C18H28ClN3O2. The Balaban J connectivity index is 0.00000288. The fourth-order valence-electron chi connectivity index (χ4n) is 3.13. The highest BCUT2D eigenvalue weighted by atomic mass is 35.5. The van der Waals surface area contributed by atoms with Gasteiger partial charge >= 0.3 is 0 Å². The van der Waals surface area contributed by atoms with Crippen LogP contribution in [0.5, 0.6) is 0 Å². The predicted octanol–water partition coefficient (Wildman–Crippen LogP) is 2.12. The number of halogens is 1. The highest BCUT2D eigenvalue weighted by Gasteiger charge is 2.30. The second-order valence-electron chi connectivity index (χ2n) is 6.45. The van der Waals surface area contributed by atoms with Crippen LogP contribution in [0.3, 0.4) is 0 Å². The monoisotopic (exact) mass is 353 g/mol. The number of hydrogen-bond acceptors (Lipinski definition) is 3. The molecule has 1 heterocycles. The van der Waals surface area contributed by atoms with E-state index >= 15 is 0 Å². The number of amides is 2. The second kappa shape index (κ2) is 9.64. The molecule has 3 unspecified atom stereocenters. The van der Waals surface area contributed by atoms with Crippen molar-refractivity contribution in [1.82, 2.24) is 10.2 Å². The first kappa shape index (κ1) is 20.5. The van der Waals surface area contributed by atoms with Crippen LogP contribution in [0.15, 0.2) is 30.3 Å². The van der Waals surface area contributed by atoms with Crippen LogP contribution in [0, 0.1) is 11.8 Å². The SMILES string of the molecule is CC(=O)NCC1CCCN(C(=O)C(C)C(N)c2ccccc2)C1.Cl. The Morgan fingerprint density at radius 3 is 2.62 bits per heavy atom. The van der Waals surface area contributed by atoms with Gasteiger partial charge in [0.05, 0.1) is 5.92 Å². The van der Waals surface area contributed by atoms with Crippen molar-refractivity contribution in [2.24, 2.45) is 17.6 Å². The van der Waals surface area contributed by atoms with Crippen molar-refractivity contribution >= 4 is 24.2 Å². The maximum atomic E-state index is 12.8. The van der Waals surface area contributed by atoms with Crippen LogP contribution in [0.4, 0.5) is 0 Å². The Labute approximate surface area is 150 Å². The van der Waals surface area contributed by atoms with Gasteiger partial charge in [0.25, 0.3) is 0 Å². The molecule has 0 radical (unpaired) electrons. The van der Waals surface area contributed by atoms with E-state index in [9.17, 15) is 9.59 Å². The third-order valence-corrected chi connectivity index (χ3v) is 4.58. The molecule has 24 heavy (non-hydrogen) atoms. The number of carbonyl (C=O) groups excluding carboxylic acids is 2. The second-order valence-corrected chi connectivity index (χ2v) is 6.45. The summed E-state index contributed by atoms with van der Waals surface area (Å²) in [6.45, 7) is 5.54. The van der Waals surface area contributed by atoms with E-state index in [1.54, 1.807) is 0 Å². The maximum Gasteiger partial charge on any atom is 0.227 e. The minimum absolute atomic E-state index is 0. The summed E-state index contributed by atoms with van der Waals surface area (Å²) in [6, 6.07) is 9.46. The Bertz CT molecular complexity index is 538. The molecule has 2 rings (SSSR count). The van der Waals surface area contributed by atoms with Crippen LogP contribution in [-0.2, 0) is 9.59 Å². The lowest BCUT2D eigenvalue weighted by Crippen LogP contribution is -2.46. The number of nitrogens with one attached hydrogen (secondary N) is 1. The number of benzene rings is 1. The molecule has 6 heteroatoms. The molecule has 3 atom stereocenters. The van der Waals surface area contributed by atoms with Gasteiger partial charge in [-0.05, 0) is 24.3 Å². The molecule has 0 saturated carbocycles. The van der Waals surface area contributed by atoms with Crippen LogP contribution >= 0.6 is 12.4 Å². The molecule has 1 saturated heterocycles. The molecule has 3 N–H and O–H groups in total. The zero-order valence-electron chi connectivity index (χ0n) is 14.4. The summed E-state index contributed by atoms with van der Waals surface area (Å²) in [5.41, 5.74) is 7.26. The third kappa shape index (κ3) is 5.49. The van der Waals surface area contributed by atoms with Gasteiger partial charge in [0.1, 0.15) is 0 Å². The van der Waals surface area contributed by atoms with E-state index in [0.717, 1.165) is 24.9 Å². The van der Waals surface area contributed by atoms with Gasteiger partial charge in [-0.3, -0.25) is 9.59 Å². The van der Waals surface area contributed by atoms with Crippen molar-refractivity contribution in [2.45, 2.75) is 32.7 Å². The van der Waals surface area contributed by atoms with Crippen molar-refractivity contribution in [1.29, 1.82) is 0 Å². The lowest BCUT2D eigenvalue weighted by atomic mass is 9.92. The molecule has 0 spiro atoms. The Kier molecular flexibility index (Phi) is 8.22. The number of likely N-dealkylation sites (tertiary alicyclic amines) is 1. The first-order valence-electron chi connectivity index (χ1n) is 8.32. The van der Waals surface area contributed by atoms with E-state index in [4.69, 9.17) is 5.73 Å². The van der Waals surface area contributed by atoms with Crippen LogP contribution in [0.25, 0.3) is 0 Å². The number of rotatable bonds is 5. The van der Waals surface area contributed by atoms with E-state index in [-0.39, 0.29) is 36.2 Å². The molecule has 0 bridgehead atoms. The number of nitrogens with two attached hydrogens (primary N) is 1. The van der Waals surface area contributed by atoms with Crippen LogP contribution in [0.2, 0.25) is 0 Å². The maximum absolute atomic E-state index is 12.8. The molecule has 0 aromatic heterocycles. The number of hydrogen-bond donors (Lipinski definition) is 2. The summed E-state index contributed by atoms with van der Waals surface area (Å²) < 4.78 is 0. The molecule has 1 aliphatic rings. The van der Waals surface area contributed by atoms with Crippen molar-refractivity contribution in [2.75, 3.05) is 19.6 Å². The topological polar surface area (TPSA) is 75.4 Å². The van der Waals surface area contributed by atoms with Gasteiger partial charge < -0.3 is 16.0 Å². The predicted molar refractivity (Wildman–Crippen MR) is 97.8 cm³/mol. The average molecular weight is 354 g/mol. The van der Waals surface area contributed by atoms with Crippen LogP contribution in [0.1, 0.15) is 38.3 Å². The van der Waals surface area contributed by atoms with E-state index < -0.39 is 0 Å². The summed E-state index contributed by atoms with van der Waals surface area (Å²) >= 11 is 0. The molecule has 1 aromatic rings. The Morgan fingerprint density at radius 2 is 2.00 bits per heavy atom. The summed E-state index contributed by atoms with van der Waals surface area (Å²) in [6.07, 6.45) is 2.02. The number of carbonyl (C=O) groups is 2. The van der Waals surface area contributed by atoms with Gasteiger partial charge in [0.2, 0.25) is 11.8 Å². The largest absolute Gasteiger partial charge is 0.356 e. The third-order valence-electron chi connectivity index (χ3n) is 4.58. The Hall–Kier alpha value is -1.59. The summed E-state index contributed by atoms with van der Waals surface area (Å²) in [4.78, 5) is 25.7. The van der Waals surface area contributed by atoms with E-state index in [0.29, 0.717) is 19.0 Å². The molecule has 134 valence electrons.